The summed E-state index contributed by atoms with van der Waals surface area (Å²) >= 11 is 0. The Morgan fingerprint density at radius 2 is 1.72 bits per heavy atom. The van der Waals surface area contributed by atoms with E-state index in [0.29, 0.717) is 41.2 Å². The quantitative estimate of drug-likeness (QED) is 0.345. The molecular weight excluding hydrogens is 460 g/mol. The van der Waals surface area contributed by atoms with Gasteiger partial charge in [-0.3, -0.25) is 4.79 Å². The highest BCUT2D eigenvalue weighted by atomic mass is 19.1. The summed E-state index contributed by atoms with van der Waals surface area (Å²) in [5.74, 6) is -0.811. The number of carbonyl (C=O) groups excluding carboxylic acids is 1. The van der Waals surface area contributed by atoms with E-state index >= 15 is 8.78 Å². The van der Waals surface area contributed by atoms with Gasteiger partial charge in [-0.15, -0.1) is 0 Å². The van der Waals surface area contributed by atoms with Gasteiger partial charge < -0.3 is 10.6 Å². The van der Waals surface area contributed by atoms with Crippen molar-refractivity contribution in [2.45, 2.75) is 26.2 Å². The summed E-state index contributed by atoms with van der Waals surface area (Å²) in [7, 11) is 0. The first-order valence-electron chi connectivity index (χ1n) is 11.8. The summed E-state index contributed by atoms with van der Waals surface area (Å²) in [6.07, 6.45) is 3.81. The molecule has 0 saturated carbocycles. The fourth-order valence-electron chi connectivity index (χ4n) is 4.99. The molecule has 8 heteroatoms. The molecule has 0 unspecified atom stereocenters. The van der Waals surface area contributed by atoms with Crippen LogP contribution in [0.3, 0.4) is 0 Å². The molecule has 2 aromatic heterocycles. The Morgan fingerprint density at radius 1 is 0.917 bits per heavy atom. The zero-order valence-corrected chi connectivity index (χ0v) is 19.6. The monoisotopic (exact) mass is 483 g/mol. The number of pyridine rings is 1. The van der Waals surface area contributed by atoms with E-state index in [1.807, 2.05) is 24.3 Å². The number of carbonyl (C=O) groups is 1. The van der Waals surface area contributed by atoms with Crippen molar-refractivity contribution < 1.29 is 13.6 Å². The number of aryl methyl sites for hydroxylation is 1. The lowest BCUT2D eigenvalue weighted by Crippen LogP contribution is -2.35. The molecule has 180 valence electrons. The minimum absolute atomic E-state index is 0.0217. The van der Waals surface area contributed by atoms with Crippen molar-refractivity contribution in [3.63, 3.8) is 0 Å². The SMILES string of the molecule is Cc1nn(-c2ccc3ccnc(N)c3c2)c2c(F)c(-c3ccc(N4CCCCC4=O)cc3F)ccc12. The molecule has 3 aromatic carbocycles. The van der Waals surface area contributed by atoms with E-state index in [1.54, 1.807) is 36.2 Å². The number of nitrogens with zero attached hydrogens (tertiary/aromatic N) is 4. The van der Waals surface area contributed by atoms with Crippen LogP contribution in [0, 0.1) is 18.6 Å². The Hall–Kier alpha value is -4.33. The molecule has 1 aliphatic rings. The Morgan fingerprint density at radius 3 is 2.53 bits per heavy atom. The number of nitrogen functional groups attached to an aromatic ring is 1. The van der Waals surface area contributed by atoms with E-state index in [0.717, 1.165) is 23.6 Å². The highest BCUT2D eigenvalue weighted by Crippen LogP contribution is 2.35. The van der Waals surface area contributed by atoms with Gasteiger partial charge in [0.05, 0.1) is 11.4 Å². The van der Waals surface area contributed by atoms with Crippen molar-refractivity contribution >= 4 is 39.1 Å². The van der Waals surface area contributed by atoms with Crippen LogP contribution in [0.4, 0.5) is 20.3 Å². The number of benzene rings is 3. The molecule has 1 aliphatic heterocycles. The van der Waals surface area contributed by atoms with Crippen LogP contribution in [0.1, 0.15) is 25.0 Å². The van der Waals surface area contributed by atoms with Crippen molar-refractivity contribution in [3.8, 4) is 16.8 Å². The molecule has 6 nitrogen and oxygen atoms in total. The number of rotatable bonds is 3. The van der Waals surface area contributed by atoms with Crippen molar-refractivity contribution in [1.29, 1.82) is 0 Å². The van der Waals surface area contributed by atoms with Gasteiger partial charge >= 0.3 is 0 Å². The largest absolute Gasteiger partial charge is 0.383 e. The Bertz CT molecular complexity index is 1680. The predicted octanol–water partition coefficient (Wildman–Crippen LogP) is 5.93. The lowest BCUT2D eigenvalue weighted by atomic mass is 10.0. The van der Waals surface area contributed by atoms with Crippen LogP contribution in [0.2, 0.25) is 0 Å². The topological polar surface area (TPSA) is 77.0 Å². The first-order valence-corrected chi connectivity index (χ1v) is 11.8. The van der Waals surface area contributed by atoms with Gasteiger partial charge in [-0.25, -0.2) is 18.4 Å². The van der Waals surface area contributed by atoms with Gasteiger partial charge in [0, 0.05) is 46.7 Å². The highest BCUT2D eigenvalue weighted by molar-refractivity contribution is 5.95. The second-order valence-corrected chi connectivity index (χ2v) is 9.09. The number of hydrogen-bond acceptors (Lipinski definition) is 4. The van der Waals surface area contributed by atoms with Gasteiger partial charge in [-0.1, -0.05) is 18.2 Å². The molecule has 1 saturated heterocycles. The van der Waals surface area contributed by atoms with E-state index < -0.39 is 11.6 Å². The molecule has 36 heavy (non-hydrogen) atoms. The van der Waals surface area contributed by atoms with Gasteiger partial charge in [0.25, 0.3) is 0 Å². The van der Waals surface area contributed by atoms with Crippen LogP contribution in [0.25, 0.3) is 38.5 Å². The lowest BCUT2D eigenvalue weighted by molar-refractivity contribution is -0.119. The third-order valence-electron chi connectivity index (χ3n) is 6.87. The molecule has 5 aromatic rings. The molecule has 0 spiro atoms. The molecule has 0 aliphatic carbocycles. The molecule has 0 bridgehead atoms. The predicted molar refractivity (Wildman–Crippen MR) is 137 cm³/mol. The molecule has 0 atom stereocenters. The molecule has 3 heterocycles. The van der Waals surface area contributed by atoms with E-state index in [1.165, 1.54) is 16.8 Å². The minimum Gasteiger partial charge on any atom is -0.383 e. The molecule has 0 radical (unpaired) electrons. The van der Waals surface area contributed by atoms with Crippen LogP contribution < -0.4 is 10.6 Å². The fraction of sp³-hybridized carbons (Fsp3) is 0.179. The summed E-state index contributed by atoms with van der Waals surface area (Å²) in [5.41, 5.74) is 8.32. The summed E-state index contributed by atoms with van der Waals surface area (Å²) in [5, 5.41) is 6.86. The number of nitrogens with two attached hydrogens (primary N) is 1. The molecule has 1 amide bonds. The molecule has 2 N–H and O–H groups in total. The maximum absolute atomic E-state index is 16.1. The average molecular weight is 484 g/mol. The molecule has 1 fully saturated rings. The lowest BCUT2D eigenvalue weighted by Gasteiger charge is -2.27. The summed E-state index contributed by atoms with van der Waals surface area (Å²) in [4.78, 5) is 18.0. The molecular formula is C28H23F2N5O. The zero-order chi connectivity index (χ0) is 25.0. The van der Waals surface area contributed by atoms with Crippen LogP contribution in [-0.4, -0.2) is 27.2 Å². The van der Waals surface area contributed by atoms with Crippen LogP contribution in [-0.2, 0) is 4.79 Å². The van der Waals surface area contributed by atoms with E-state index in [2.05, 4.69) is 10.1 Å². The van der Waals surface area contributed by atoms with Crippen molar-refractivity contribution in [3.05, 3.63) is 78.1 Å². The van der Waals surface area contributed by atoms with Crippen LogP contribution in [0.15, 0.2) is 60.8 Å². The van der Waals surface area contributed by atoms with Crippen molar-refractivity contribution in [2.24, 2.45) is 0 Å². The number of piperidine rings is 1. The fourth-order valence-corrected chi connectivity index (χ4v) is 4.99. The first-order chi connectivity index (χ1) is 17.4. The molecule has 6 rings (SSSR count). The third-order valence-corrected chi connectivity index (χ3v) is 6.87. The van der Waals surface area contributed by atoms with Gasteiger partial charge in [0.15, 0.2) is 5.82 Å². The summed E-state index contributed by atoms with van der Waals surface area (Å²) in [6.45, 7) is 2.36. The highest BCUT2D eigenvalue weighted by Gasteiger charge is 2.23. The van der Waals surface area contributed by atoms with E-state index in [9.17, 15) is 4.79 Å². The summed E-state index contributed by atoms with van der Waals surface area (Å²) < 4.78 is 32.9. The number of aromatic nitrogens is 3. The normalized spacial score (nSPS) is 14.2. The Kier molecular flexibility index (Phi) is 5.17. The van der Waals surface area contributed by atoms with E-state index in [-0.39, 0.29) is 22.6 Å². The Labute approximate surface area is 206 Å². The Balaban J connectivity index is 1.48. The van der Waals surface area contributed by atoms with Crippen molar-refractivity contribution in [1.82, 2.24) is 14.8 Å². The third kappa shape index (κ3) is 3.48. The second-order valence-electron chi connectivity index (χ2n) is 9.09. The standard InChI is InChI=1S/C28H23F2N5O/c1-16-20-9-10-22(21-8-7-18(15-24(21)29)34-13-3-2-4-25(34)36)26(30)27(20)35(33-16)19-6-5-17-11-12-32-28(31)23(17)14-19/h5-12,14-15H,2-4,13H2,1H3,(H2,31,32). The number of anilines is 2. The summed E-state index contributed by atoms with van der Waals surface area (Å²) in [6, 6.07) is 15.2. The van der Waals surface area contributed by atoms with Crippen LogP contribution >= 0.6 is 0 Å². The number of hydrogen-bond donors (Lipinski definition) is 1. The minimum atomic E-state index is -0.587. The van der Waals surface area contributed by atoms with Crippen LogP contribution in [0.5, 0.6) is 0 Å². The zero-order valence-electron chi connectivity index (χ0n) is 19.6. The van der Waals surface area contributed by atoms with E-state index in [4.69, 9.17) is 5.73 Å². The second kappa shape index (κ2) is 8.41. The smallest absolute Gasteiger partial charge is 0.226 e. The number of halogens is 2. The van der Waals surface area contributed by atoms with Gasteiger partial charge in [0.1, 0.15) is 17.2 Å². The number of fused-ring (bicyclic) bond motifs is 2. The van der Waals surface area contributed by atoms with Gasteiger partial charge in [0.2, 0.25) is 5.91 Å². The van der Waals surface area contributed by atoms with Gasteiger partial charge in [-0.05, 0) is 61.5 Å². The van der Waals surface area contributed by atoms with Gasteiger partial charge in [-0.2, -0.15) is 5.10 Å². The maximum Gasteiger partial charge on any atom is 0.226 e. The number of amides is 1. The maximum atomic E-state index is 16.1. The first kappa shape index (κ1) is 22.2. The van der Waals surface area contributed by atoms with Crippen molar-refractivity contribution in [2.75, 3.05) is 17.2 Å². The average Bonchev–Trinajstić information content (AvgIpc) is 3.22.